The van der Waals surface area contributed by atoms with Gasteiger partial charge in [0, 0.05) is 30.3 Å². The van der Waals surface area contributed by atoms with E-state index in [-0.39, 0.29) is 0 Å². The molecule has 0 aromatic carbocycles. The molecular weight excluding hydrogens is 428 g/mol. The van der Waals surface area contributed by atoms with Crippen molar-refractivity contribution in [3.05, 3.63) is 54.4 Å². The lowest BCUT2D eigenvalue weighted by Gasteiger charge is -2.14. The standard InChI is InChI=1S/C21H24N6.C3H8O2.C2H6/c1-14-12-23-19-11-16(6-8-26(14)19)3-2-15-4-5-17(10-15)27-9-7-18-20(22)24-13-25-21(18)27;1-3(2,4)5;1-2/h6-9,11-13,15,17H,2-5,10H2,1H3,(H2,22,24,25);4-5H,1-2H3;1-2H3. The second-order valence-electron chi connectivity index (χ2n) is 9.25. The summed E-state index contributed by atoms with van der Waals surface area (Å²) in [5.74, 6) is -0.178. The van der Waals surface area contributed by atoms with Gasteiger partial charge in [0.25, 0.3) is 0 Å². The van der Waals surface area contributed by atoms with Gasteiger partial charge in [-0.15, -0.1) is 0 Å². The molecule has 2 atom stereocenters. The topological polar surface area (TPSA) is 114 Å². The Labute approximate surface area is 201 Å². The Bertz CT molecular complexity index is 1200. The van der Waals surface area contributed by atoms with Gasteiger partial charge < -0.3 is 24.9 Å². The lowest BCUT2D eigenvalue weighted by atomic mass is 9.98. The van der Waals surface area contributed by atoms with Gasteiger partial charge in [-0.2, -0.15) is 0 Å². The molecule has 34 heavy (non-hydrogen) atoms. The number of fused-ring (bicyclic) bond motifs is 2. The highest BCUT2D eigenvalue weighted by atomic mass is 16.5. The molecular formula is C26H38N6O2. The van der Waals surface area contributed by atoms with Crippen LogP contribution in [0.1, 0.15) is 70.7 Å². The largest absolute Gasteiger partial charge is 0.383 e. The number of rotatable bonds is 4. The van der Waals surface area contributed by atoms with Crippen LogP contribution in [0.2, 0.25) is 0 Å². The molecule has 0 aliphatic heterocycles. The van der Waals surface area contributed by atoms with Gasteiger partial charge in [0.05, 0.1) is 5.39 Å². The third-order valence-corrected chi connectivity index (χ3v) is 6.05. The first-order valence-electron chi connectivity index (χ1n) is 12.1. The number of nitrogen functional groups attached to an aromatic ring is 1. The Morgan fingerprint density at radius 3 is 2.56 bits per heavy atom. The van der Waals surface area contributed by atoms with E-state index in [0.29, 0.717) is 11.9 Å². The van der Waals surface area contributed by atoms with Crippen LogP contribution in [-0.4, -0.2) is 39.9 Å². The van der Waals surface area contributed by atoms with Crippen LogP contribution in [0.4, 0.5) is 5.82 Å². The molecule has 1 aliphatic rings. The van der Waals surface area contributed by atoms with Crippen molar-refractivity contribution in [1.82, 2.24) is 23.9 Å². The molecule has 5 rings (SSSR count). The number of imidazole rings is 1. The van der Waals surface area contributed by atoms with Crippen LogP contribution in [0, 0.1) is 12.8 Å². The third kappa shape index (κ3) is 6.33. The zero-order valence-electron chi connectivity index (χ0n) is 20.9. The molecule has 184 valence electrons. The predicted molar refractivity (Wildman–Crippen MR) is 136 cm³/mol. The summed E-state index contributed by atoms with van der Waals surface area (Å²) in [5, 5.41) is 17.1. The summed E-state index contributed by atoms with van der Waals surface area (Å²) < 4.78 is 4.44. The average molecular weight is 467 g/mol. The van der Waals surface area contributed by atoms with Gasteiger partial charge in [0.2, 0.25) is 0 Å². The lowest BCUT2D eigenvalue weighted by molar-refractivity contribution is -0.127. The van der Waals surface area contributed by atoms with Gasteiger partial charge >= 0.3 is 0 Å². The van der Waals surface area contributed by atoms with Gasteiger partial charge in [-0.1, -0.05) is 13.8 Å². The van der Waals surface area contributed by atoms with Crippen LogP contribution < -0.4 is 5.73 Å². The monoisotopic (exact) mass is 466 g/mol. The van der Waals surface area contributed by atoms with Gasteiger partial charge in [-0.3, -0.25) is 0 Å². The van der Waals surface area contributed by atoms with Gasteiger partial charge in [0.1, 0.15) is 23.4 Å². The molecule has 4 heterocycles. The molecule has 0 spiro atoms. The zero-order valence-corrected chi connectivity index (χ0v) is 20.9. The van der Waals surface area contributed by atoms with E-state index in [4.69, 9.17) is 15.9 Å². The van der Waals surface area contributed by atoms with E-state index in [1.54, 1.807) is 6.33 Å². The number of aromatic nitrogens is 5. The lowest BCUT2D eigenvalue weighted by Crippen LogP contribution is -2.15. The molecule has 0 saturated heterocycles. The van der Waals surface area contributed by atoms with Crippen molar-refractivity contribution in [1.29, 1.82) is 0 Å². The highest BCUT2D eigenvalue weighted by Crippen LogP contribution is 2.39. The zero-order chi connectivity index (χ0) is 24.9. The molecule has 2 unspecified atom stereocenters. The van der Waals surface area contributed by atoms with Crippen molar-refractivity contribution in [2.24, 2.45) is 5.92 Å². The molecule has 1 fully saturated rings. The number of anilines is 1. The van der Waals surface area contributed by atoms with Crippen molar-refractivity contribution in [3.63, 3.8) is 0 Å². The number of aliphatic hydroxyl groups is 2. The van der Waals surface area contributed by atoms with Crippen LogP contribution in [-0.2, 0) is 6.42 Å². The summed E-state index contributed by atoms with van der Waals surface area (Å²) in [6.45, 7) is 8.68. The van der Waals surface area contributed by atoms with E-state index in [2.05, 4.69) is 55.4 Å². The fourth-order valence-corrected chi connectivity index (χ4v) is 4.52. The van der Waals surface area contributed by atoms with Crippen molar-refractivity contribution < 1.29 is 10.2 Å². The van der Waals surface area contributed by atoms with Crippen LogP contribution >= 0.6 is 0 Å². The highest BCUT2D eigenvalue weighted by molar-refractivity contribution is 5.86. The maximum Gasteiger partial charge on any atom is 0.156 e. The van der Waals surface area contributed by atoms with Crippen molar-refractivity contribution in [3.8, 4) is 0 Å². The molecule has 8 heteroatoms. The minimum Gasteiger partial charge on any atom is -0.383 e. The van der Waals surface area contributed by atoms with E-state index in [0.717, 1.165) is 29.0 Å². The predicted octanol–water partition coefficient (Wildman–Crippen LogP) is 4.68. The molecule has 0 radical (unpaired) electrons. The molecule has 4 aromatic heterocycles. The number of nitrogens with two attached hydrogens (primary N) is 1. The summed E-state index contributed by atoms with van der Waals surface area (Å²) >= 11 is 0. The second kappa shape index (κ2) is 11.0. The normalized spacial score (nSPS) is 17.9. The Balaban J connectivity index is 0.000000414. The van der Waals surface area contributed by atoms with E-state index < -0.39 is 5.79 Å². The minimum absolute atomic E-state index is 0.513. The number of pyridine rings is 1. The first kappa shape index (κ1) is 25.6. The van der Waals surface area contributed by atoms with Gasteiger partial charge in [-0.05, 0) is 82.6 Å². The van der Waals surface area contributed by atoms with E-state index >= 15 is 0 Å². The third-order valence-electron chi connectivity index (χ3n) is 6.05. The summed E-state index contributed by atoms with van der Waals surface area (Å²) in [4.78, 5) is 13.0. The number of hydrogen-bond donors (Lipinski definition) is 3. The Morgan fingerprint density at radius 1 is 1.09 bits per heavy atom. The van der Waals surface area contributed by atoms with Crippen molar-refractivity contribution in [2.75, 3.05) is 5.73 Å². The van der Waals surface area contributed by atoms with Gasteiger partial charge in [-0.25, -0.2) is 15.0 Å². The van der Waals surface area contributed by atoms with E-state index in [9.17, 15) is 0 Å². The maximum atomic E-state index is 8.08. The van der Waals surface area contributed by atoms with E-state index in [1.165, 1.54) is 50.8 Å². The summed E-state index contributed by atoms with van der Waals surface area (Å²) in [6.07, 6.45) is 13.8. The molecule has 0 bridgehead atoms. The number of nitrogens with zero attached hydrogens (tertiary/aromatic N) is 5. The molecule has 8 nitrogen and oxygen atoms in total. The van der Waals surface area contributed by atoms with Crippen LogP contribution in [0.25, 0.3) is 16.7 Å². The maximum absolute atomic E-state index is 8.08. The number of aryl methyl sites for hydroxylation is 2. The molecule has 4 N–H and O–H groups in total. The van der Waals surface area contributed by atoms with Crippen molar-refractivity contribution in [2.45, 2.75) is 78.6 Å². The van der Waals surface area contributed by atoms with Gasteiger partial charge in [0.15, 0.2) is 5.79 Å². The van der Waals surface area contributed by atoms with Crippen molar-refractivity contribution >= 4 is 22.5 Å². The second-order valence-corrected chi connectivity index (χ2v) is 9.25. The van der Waals surface area contributed by atoms with Crippen LogP contribution in [0.15, 0.2) is 43.1 Å². The van der Waals surface area contributed by atoms with E-state index in [1.807, 2.05) is 26.1 Å². The smallest absolute Gasteiger partial charge is 0.156 e. The summed E-state index contributed by atoms with van der Waals surface area (Å²) in [7, 11) is 0. The quantitative estimate of drug-likeness (QED) is 0.376. The number of hydrogen-bond acceptors (Lipinski definition) is 6. The first-order chi connectivity index (χ1) is 16.2. The van der Waals surface area contributed by atoms with Crippen LogP contribution in [0.5, 0.6) is 0 Å². The fraction of sp³-hybridized carbons (Fsp3) is 0.500. The molecule has 1 saturated carbocycles. The SMILES string of the molecule is CC.CC(C)(O)O.Cc1cnc2cc(CCC3CCC(n4ccc5c(N)ncnc54)C3)ccn12. The Kier molecular flexibility index (Phi) is 8.28. The Hall–Kier alpha value is -2.97. The highest BCUT2D eigenvalue weighted by Gasteiger charge is 2.27. The summed E-state index contributed by atoms with van der Waals surface area (Å²) in [5.41, 5.74) is 10.5. The first-order valence-corrected chi connectivity index (χ1v) is 12.1. The molecule has 4 aromatic rings. The Morgan fingerprint density at radius 2 is 1.82 bits per heavy atom. The fourth-order valence-electron chi connectivity index (χ4n) is 4.52. The average Bonchev–Trinajstić information content (AvgIpc) is 3.51. The summed E-state index contributed by atoms with van der Waals surface area (Å²) in [6, 6.07) is 7.00. The minimum atomic E-state index is -1.50. The molecule has 0 amide bonds. The molecule has 1 aliphatic carbocycles. The van der Waals surface area contributed by atoms with Crippen LogP contribution in [0.3, 0.4) is 0 Å².